The molecule has 17 heavy (non-hydrogen) atoms. The first-order valence-electron chi connectivity index (χ1n) is 5.05. The molecular weight excluding hydrogens is 274 g/mol. The molecule has 2 nitrogen and oxygen atoms in total. The standard InChI is InChI=1S/C12H8ClNOS2/c13-10-7-17-14(12(10)15)5-8-6-16-11-4-2-1-3-9(8)11/h1-4,6-7H,5H2. The van der Waals surface area contributed by atoms with Gasteiger partial charge in [-0.3, -0.25) is 8.75 Å². The molecule has 0 aliphatic heterocycles. The van der Waals surface area contributed by atoms with Gasteiger partial charge in [0.1, 0.15) is 5.02 Å². The maximum absolute atomic E-state index is 11.7. The topological polar surface area (TPSA) is 22.0 Å². The van der Waals surface area contributed by atoms with Crippen molar-refractivity contribution in [2.45, 2.75) is 6.54 Å². The Labute approximate surface area is 111 Å². The van der Waals surface area contributed by atoms with Crippen molar-refractivity contribution in [3.05, 3.63) is 56.0 Å². The first kappa shape index (κ1) is 11.0. The summed E-state index contributed by atoms with van der Waals surface area (Å²) in [5.41, 5.74) is 1.07. The zero-order valence-corrected chi connectivity index (χ0v) is 11.1. The van der Waals surface area contributed by atoms with Crippen LogP contribution in [0.1, 0.15) is 5.56 Å². The Morgan fingerprint density at radius 2 is 2.06 bits per heavy atom. The molecule has 2 heterocycles. The van der Waals surface area contributed by atoms with E-state index >= 15 is 0 Å². The molecular formula is C12H8ClNOS2. The molecule has 0 bridgehead atoms. The molecule has 86 valence electrons. The Hall–Kier alpha value is -1.10. The highest BCUT2D eigenvalue weighted by molar-refractivity contribution is 7.17. The summed E-state index contributed by atoms with van der Waals surface area (Å²) in [4.78, 5) is 11.7. The Kier molecular flexibility index (Phi) is 2.78. The zero-order valence-electron chi connectivity index (χ0n) is 8.72. The van der Waals surface area contributed by atoms with Gasteiger partial charge in [-0.15, -0.1) is 11.3 Å². The number of rotatable bonds is 2. The van der Waals surface area contributed by atoms with Crippen molar-refractivity contribution in [1.29, 1.82) is 0 Å². The van der Waals surface area contributed by atoms with E-state index in [-0.39, 0.29) is 5.56 Å². The number of aromatic nitrogens is 1. The van der Waals surface area contributed by atoms with Crippen molar-refractivity contribution in [2.24, 2.45) is 0 Å². The van der Waals surface area contributed by atoms with E-state index < -0.39 is 0 Å². The third-order valence-electron chi connectivity index (χ3n) is 2.59. The van der Waals surface area contributed by atoms with Gasteiger partial charge in [0.25, 0.3) is 5.56 Å². The number of benzene rings is 1. The third-order valence-corrected chi connectivity index (χ3v) is 4.89. The Morgan fingerprint density at radius 1 is 1.24 bits per heavy atom. The van der Waals surface area contributed by atoms with Crippen molar-refractivity contribution in [3.8, 4) is 0 Å². The molecule has 0 amide bonds. The van der Waals surface area contributed by atoms with Gasteiger partial charge in [0.15, 0.2) is 0 Å². The minimum atomic E-state index is -0.105. The molecule has 0 atom stereocenters. The molecule has 0 fully saturated rings. The smallest absolute Gasteiger partial charge is 0.267 e. The van der Waals surface area contributed by atoms with Crippen LogP contribution in [0.2, 0.25) is 5.02 Å². The normalized spacial score (nSPS) is 11.1. The fourth-order valence-electron chi connectivity index (χ4n) is 1.75. The van der Waals surface area contributed by atoms with Crippen molar-refractivity contribution >= 4 is 44.6 Å². The van der Waals surface area contributed by atoms with Crippen LogP contribution in [-0.2, 0) is 6.54 Å². The minimum absolute atomic E-state index is 0.105. The fourth-order valence-corrected chi connectivity index (χ4v) is 3.70. The second-order valence-corrected chi connectivity index (χ2v) is 5.88. The summed E-state index contributed by atoms with van der Waals surface area (Å²) in [6.45, 7) is 0.597. The van der Waals surface area contributed by atoms with Crippen LogP contribution in [0, 0.1) is 0 Å². The second kappa shape index (κ2) is 4.29. The van der Waals surface area contributed by atoms with E-state index in [1.807, 2.05) is 12.1 Å². The quantitative estimate of drug-likeness (QED) is 0.700. The van der Waals surface area contributed by atoms with Crippen molar-refractivity contribution in [1.82, 2.24) is 3.96 Å². The Morgan fingerprint density at radius 3 is 2.82 bits per heavy atom. The maximum Gasteiger partial charge on any atom is 0.279 e. The highest BCUT2D eigenvalue weighted by Crippen LogP contribution is 2.26. The van der Waals surface area contributed by atoms with E-state index in [4.69, 9.17) is 11.6 Å². The molecule has 0 saturated heterocycles. The predicted octanol–water partition coefficient (Wildman–Crippen LogP) is 3.83. The molecule has 0 aliphatic carbocycles. The Balaban J connectivity index is 2.06. The first-order valence-corrected chi connectivity index (χ1v) is 7.14. The number of halogens is 1. The zero-order chi connectivity index (χ0) is 11.8. The van der Waals surface area contributed by atoms with Gasteiger partial charge in [-0.05, 0) is 22.4 Å². The summed E-state index contributed by atoms with van der Waals surface area (Å²) >= 11 is 8.83. The van der Waals surface area contributed by atoms with E-state index in [2.05, 4.69) is 17.5 Å². The lowest BCUT2D eigenvalue weighted by molar-refractivity contribution is 0.858. The molecule has 0 radical (unpaired) electrons. The molecule has 0 N–H and O–H groups in total. The van der Waals surface area contributed by atoms with Gasteiger partial charge in [-0.2, -0.15) is 0 Å². The van der Waals surface area contributed by atoms with Crippen LogP contribution >= 0.6 is 34.5 Å². The number of thiophene rings is 1. The van der Waals surface area contributed by atoms with Gasteiger partial charge in [-0.25, -0.2) is 0 Å². The van der Waals surface area contributed by atoms with Gasteiger partial charge >= 0.3 is 0 Å². The highest BCUT2D eigenvalue weighted by atomic mass is 35.5. The van der Waals surface area contributed by atoms with Gasteiger partial charge in [0, 0.05) is 10.1 Å². The average molecular weight is 282 g/mol. The first-order chi connectivity index (χ1) is 8.25. The summed E-state index contributed by atoms with van der Waals surface area (Å²) in [6, 6.07) is 8.22. The summed E-state index contributed by atoms with van der Waals surface area (Å²) in [7, 11) is 0. The van der Waals surface area contributed by atoms with Gasteiger partial charge in [0.05, 0.1) is 6.54 Å². The summed E-state index contributed by atoms with van der Waals surface area (Å²) in [5.74, 6) is 0. The molecule has 0 unspecified atom stereocenters. The van der Waals surface area contributed by atoms with Crippen LogP contribution in [0.4, 0.5) is 0 Å². The van der Waals surface area contributed by atoms with E-state index in [1.165, 1.54) is 27.2 Å². The van der Waals surface area contributed by atoms with E-state index in [1.54, 1.807) is 20.7 Å². The molecule has 0 spiro atoms. The van der Waals surface area contributed by atoms with Crippen LogP contribution in [0.15, 0.2) is 39.8 Å². The SMILES string of the molecule is O=c1c(Cl)csn1Cc1csc2ccccc12. The second-order valence-electron chi connectivity index (χ2n) is 3.67. The van der Waals surface area contributed by atoms with Crippen LogP contribution in [0.25, 0.3) is 10.1 Å². The summed E-state index contributed by atoms with van der Waals surface area (Å²) < 4.78 is 2.93. The van der Waals surface area contributed by atoms with E-state index in [0.717, 1.165) is 0 Å². The van der Waals surface area contributed by atoms with Crippen LogP contribution in [0.5, 0.6) is 0 Å². The lowest BCUT2D eigenvalue weighted by atomic mass is 10.2. The number of hydrogen-bond acceptors (Lipinski definition) is 3. The van der Waals surface area contributed by atoms with E-state index in [0.29, 0.717) is 11.6 Å². The van der Waals surface area contributed by atoms with Crippen LogP contribution in [0.3, 0.4) is 0 Å². The molecule has 3 rings (SSSR count). The molecule has 3 aromatic rings. The molecule has 0 aliphatic rings. The third kappa shape index (κ3) is 1.92. The van der Waals surface area contributed by atoms with Crippen LogP contribution < -0.4 is 5.56 Å². The van der Waals surface area contributed by atoms with E-state index in [9.17, 15) is 4.79 Å². The van der Waals surface area contributed by atoms with Crippen molar-refractivity contribution < 1.29 is 0 Å². The lowest BCUT2D eigenvalue weighted by Crippen LogP contribution is -2.13. The fraction of sp³-hybridized carbons (Fsp3) is 0.0833. The van der Waals surface area contributed by atoms with Gasteiger partial charge in [0.2, 0.25) is 0 Å². The monoisotopic (exact) mass is 281 g/mol. The summed E-state index contributed by atoms with van der Waals surface area (Å²) in [6.07, 6.45) is 0. The molecule has 2 aromatic heterocycles. The molecule has 0 saturated carbocycles. The Bertz CT molecular complexity index is 725. The molecule has 5 heteroatoms. The van der Waals surface area contributed by atoms with Gasteiger partial charge < -0.3 is 0 Å². The number of nitrogens with zero attached hydrogens (tertiary/aromatic N) is 1. The number of fused-ring (bicyclic) bond motifs is 1. The summed E-state index contributed by atoms with van der Waals surface area (Å²) in [5, 5.41) is 5.30. The minimum Gasteiger partial charge on any atom is -0.267 e. The predicted molar refractivity (Wildman–Crippen MR) is 74.5 cm³/mol. The largest absolute Gasteiger partial charge is 0.279 e. The van der Waals surface area contributed by atoms with Crippen molar-refractivity contribution in [3.63, 3.8) is 0 Å². The number of hydrogen-bond donors (Lipinski definition) is 0. The highest BCUT2D eigenvalue weighted by Gasteiger charge is 2.08. The lowest BCUT2D eigenvalue weighted by Gasteiger charge is -1.99. The maximum atomic E-state index is 11.7. The average Bonchev–Trinajstić information content (AvgIpc) is 2.89. The van der Waals surface area contributed by atoms with Gasteiger partial charge in [-0.1, -0.05) is 41.3 Å². The van der Waals surface area contributed by atoms with Crippen molar-refractivity contribution in [2.75, 3.05) is 0 Å². The van der Waals surface area contributed by atoms with Crippen LogP contribution in [-0.4, -0.2) is 3.96 Å². The molecule has 1 aromatic carbocycles.